The van der Waals surface area contributed by atoms with Crippen LogP contribution < -0.4 is 4.72 Å². The van der Waals surface area contributed by atoms with Gasteiger partial charge in [0.25, 0.3) is 0 Å². The average molecular weight is 486 g/mol. The van der Waals surface area contributed by atoms with Crippen LogP contribution in [-0.4, -0.2) is 28.5 Å². The van der Waals surface area contributed by atoms with Crippen LogP contribution in [0.3, 0.4) is 0 Å². The lowest BCUT2D eigenvalue weighted by Gasteiger charge is -2.16. The minimum Gasteiger partial charge on any atom is -0.505 e. The average Bonchev–Trinajstić information content (AvgIpc) is 3.64. The number of allylic oxidation sites excluding steroid dienone is 4. The molecule has 1 heterocycles. The van der Waals surface area contributed by atoms with E-state index >= 15 is 0 Å². The molecule has 1 atom stereocenters. The number of halogens is 1. The Bertz CT molecular complexity index is 1200. The summed E-state index contributed by atoms with van der Waals surface area (Å²) in [5, 5.41) is 10.4. The van der Waals surface area contributed by atoms with Gasteiger partial charge in [0, 0.05) is 5.57 Å². The molecule has 172 valence electrons. The van der Waals surface area contributed by atoms with Gasteiger partial charge in [-0.1, -0.05) is 42.5 Å². The number of benzene rings is 2. The van der Waals surface area contributed by atoms with Gasteiger partial charge in [-0.3, -0.25) is 0 Å². The zero-order chi connectivity index (χ0) is 23.5. The zero-order valence-electron chi connectivity index (χ0n) is 18.1. The number of cyclic esters (lactones) is 1. The highest BCUT2D eigenvalue weighted by Crippen LogP contribution is 2.45. The van der Waals surface area contributed by atoms with Gasteiger partial charge < -0.3 is 19.3 Å². The maximum absolute atomic E-state index is 13.3. The van der Waals surface area contributed by atoms with E-state index in [9.17, 15) is 14.1 Å². The van der Waals surface area contributed by atoms with Crippen LogP contribution in [-0.2, 0) is 20.5 Å². The van der Waals surface area contributed by atoms with Crippen LogP contribution in [0.15, 0.2) is 65.8 Å². The third-order valence-corrected chi connectivity index (χ3v) is 6.81. The maximum atomic E-state index is 13.3. The fourth-order valence-electron chi connectivity index (χ4n) is 3.65. The summed E-state index contributed by atoms with van der Waals surface area (Å²) in [4.78, 5) is 12.5. The molecule has 1 aliphatic carbocycles. The quantitative estimate of drug-likeness (QED) is 0.543. The number of carbonyl (C=O) groups is 1. The smallest absolute Gasteiger partial charge is 0.338 e. The van der Waals surface area contributed by atoms with Gasteiger partial charge in [-0.05, 0) is 61.1 Å². The number of ether oxygens (including phenoxy) is 2. The van der Waals surface area contributed by atoms with Crippen molar-refractivity contribution in [1.82, 2.24) is 0 Å². The van der Waals surface area contributed by atoms with E-state index in [1.807, 2.05) is 37.3 Å². The number of phenolic OH excluding ortho intramolecular Hbond substituents is 1. The largest absolute Gasteiger partial charge is 0.505 e. The van der Waals surface area contributed by atoms with Crippen molar-refractivity contribution in [2.75, 3.05) is 17.9 Å². The first kappa shape index (κ1) is 23.1. The Kier molecular flexibility index (Phi) is 6.91. The van der Waals surface area contributed by atoms with Crippen molar-refractivity contribution in [2.45, 2.75) is 30.6 Å². The van der Waals surface area contributed by atoms with Gasteiger partial charge >= 0.3 is 5.97 Å². The highest BCUT2D eigenvalue weighted by molar-refractivity contribution is 7.86. The van der Waals surface area contributed by atoms with Gasteiger partial charge in [0.15, 0.2) is 16.7 Å². The second-order valence-corrected chi connectivity index (χ2v) is 9.31. The van der Waals surface area contributed by atoms with E-state index in [4.69, 9.17) is 21.1 Å². The Morgan fingerprint density at radius 3 is 2.64 bits per heavy atom. The highest BCUT2D eigenvalue weighted by atomic mass is 35.5. The van der Waals surface area contributed by atoms with E-state index in [-0.39, 0.29) is 34.4 Å². The van der Waals surface area contributed by atoms with Crippen molar-refractivity contribution in [2.24, 2.45) is 0 Å². The number of carbonyl (C=O) groups excluding carboxylic acids is 1. The predicted molar refractivity (Wildman–Crippen MR) is 130 cm³/mol. The molecule has 2 N–H and O–H groups in total. The van der Waals surface area contributed by atoms with E-state index in [1.54, 1.807) is 6.08 Å². The summed E-state index contributed by atoms with van der Waals surface area (Å²) in [6.45, 7) is 5.86. The number of hydrogen-bond acceptors (Lipinski definition) is 5. The van der Waals surface area contributed by atoms with E-state index in [1.165, 1.54) is 12.1 Å². The molecule has 2 aromatic rings. The van der Waals surface area contributed by atoms with Gasteiger partial charge in [-0.15, -0.1) is 0 Å². The SMILES string of the molecule is C=C/C1=C(\C=C/C)c2ccc(C3CC3)c(c2)NS(=O)c2cc(cc(Cl)c2O)C(=O)OCCO1. The third-order valence-electron chi connectivity index (χ3n) is 5.41. The molecule has 6 nitrogen and oxygen atoms in total. The summed E-state index contributed by atoms with van der Waals surface area (Å²) in [7, 11) is -1.89. The number of rotatable bonds is 3. The minimum absolute atomic E-state index is 0.00345. The third kappa shape index (κ3) is 4.99. The Labute approximate surface area is 200 Å². The van der Waals surface area contributed by atoms with Gasteiger partial charge in [0.1, 0.15) is 23.9 Å². The molecular weight excluding hydrogens is 462 g/mol. The molecule has 2 aliphatic rings. The van der Waals surface area contributed by atoms with Crippen LogP contribution in [0.4, 0.5) is 5.69 Å². The zero-order valence-corrected chi connectivity index (χ0v) is 19.7. The van der Waals surface area contributed by atoms with Crippen LogP contribution in [0.25, 0.3) is 5.57 Å². The molecular formula is C25H24ClNO5S. The van der Waals surface area contributed by atoms with Crippen LogP contribution in [0.5, 0.6) is 5.75 Å². The van der Waals surface area contributed by atoms with Gasteiger partial charge in [0.2, 0.25) is 0 Å². The molecule has 0 amide bonds. The normalized spacial score (nSPS) is 21.4. The Morgan fingerprint density at radius 1 is 1.18 bits per heavy atom. The van der Waals surface area contributed by atoms with Crippen LogP contribution in [0.2, 0.25) is 5.02 Å². The first-order valence-corrected chi connectivity index (χ1v) is 12.1. The van der Waals surface area contributed by atoms with Gasteiger partial charge in [-0.25, -0.2) is 9.00 Å². The second-order valence-electron chi connectivity index (χ2n) is 7.72. The lowest BCUT2D eigenvalue weighted by Crippen LogP contribution is -2.12. The second kappa shape index (κ2) is 9.85. The Hall–Kier alpha value is -3.03. The number of esters is 1. The monoisotopic (exact) mass is 485 g/mol. The summed E-state index contributed by atoms with van der Waals surface area (Å²) < 4.78 is 27.5. The summed E-state index contributed by atoms with van der Waals surface area (Å²) in [5.74, 6) is -0.0974. The number of fused-ring (bicyclic) bond motifs is 4. The van der Waals surface area contributed by atoms with Gasteiger partial charge in [0.05, 0.1) is 16.3 Å². The molecule has 8 heteroatoms. The molecule has 1 aliphatic heterocycles. The van der Waals surface area contributed by atoms with Crippen molar-refractivity contribution in [1.29, 1.82) is 0 Å². The number of hydrogen-bond donors (Lipinski definition) is 2. The molecule has 0 aromatic heterocycles. The van der Waals surface area contributed by atoms with Crippen molar-refractivity contribution < 1.29 is 23.6 Å². The molecule has 1 fully saturated rings. The van der Waals surface area contributed by atoms with Gasteiger partial charge in [-0.2, -0.15) is 0 Å². The topological polar surface area (TPSA) is 84.9 Å². The number of aromatic hydroxyl groups is 1. The lowest BCUT2D eigenvalue weighted by atomic mass is 9.99. The molecule has 0 radical (unpaired) electrons. The Morgan fingerprint density at radius 2 is 1.94 bits per heavy atom. The summed E-state index contributed by atoms with van der Waals surface area (Å²) in [6.07, 6.45) is 7.51. The lowest BCUT2D eigenvalue weighted by molar-refractivity contribution is 0.0408. The maximum Gasteiger partial charge on any atom is 0.338 e. The van der Waals surface area contributed by atoms with E-state index in [0.29, 0.717) is 17.4 Å². The summed E-state index contributed by atoms with van der Waals surface area (Å²) in [5.41, 5.74) is 3.43. The van der Waals surface area contributed by atoms with Crippen molar-refractivity contribution in [3.63, 3.8) is 0 Å². The Balaban J connectivity index is 1.88. The molecule has 1 unspecified atom stereocenters. The van der Waals surface area contributed by atoms with Crippen molar-refractivity contribution >= 4 is 39.8 Å². The number of nitrogens with one attached hydrogen (secondary N) is 1. The molecule has 0 spiro atoms. The first-order valence-electron chi connectivity index (χ1n) is 10.6. The molecule has 1 saturated carbocycles. The van der Waals surface area contributed by atoms with Crippen LogP contribution >= 0.6 is 11.6 Å². The van der Waals surface area contributed by atoms with Crippen LogP contribution in [0.1, 0.15) is 47.2 Å². The number of phenols is 1. The van der Waals surface area contributed by atoms with Crippen LogP contribution in [0, 0.1) is 0 Å². The molecule has 0 saturated heterocycles. The summed E-state index contributed by atoms with van der Waals surface area (Å²) in [6, 6.07) is 8.54. The molecule has 2 aromatic carbocycles. The molecule has 4 rings (SSSR count). The number of anilines is 1. The van der Waals surface area contributed by atoms with Crippen molar-refractivity contribution in [3.05, 3.63) is 82.6 Å². The van der Waals surface area contributed by atoms with E-state index in [2.05, 4.69) is 11.3 Å². The van der Waals surface area contributed by atoms with Crippen molar-refractivity contribution in [3.8, 4) is 5.75 Å². The van der Waals surface area contributed by atoms with E-state index < -0.39 is 17.0 Å². The molecule has 4 bridgehead atoms. The predicted octanol–water partition coefficient (Wildman–Crippen LogP) is 5.72. The summed E-state index contributed by atoms with van der Waals surface area (Å²) >= 11 is 6.12. The first-order chi connectivity index (χ1) is 15.9. The fourth-order valence-corrected chi connectivity index (χ4v) is 4.94. The minimum atomic E-state index is -1.89. The standard InChI is InChI=1S/C25H24ClNO5S/c1-3-5-19-16-8-9-18(15-6-7-15)21(13-16)27-33(30)23-14-17(12-20(26)24(23)28)25(29)32-11-10-31-22(19)4-2/h3-5,8-9,12-15,27-28H,2,6-7,10-11H2,1H3/b5-3-,22-19-. The fraction of sp³-hybridized carbons (Fsp3) is 0.240. The molecule has 33 heavy (non-hydrogen) atoms. The van der Waals surface area contributed by atoms with E-state index in [0.717, 1.165) is 29.5 Å². The highest BCUT2D eigenvalue weighted by Gasteiger charge is 2.28.